The molecule has 0 bridgehead atoms. The predicted molar refractivity (Wildman–Crippen MR) is 77.1 cm³/mol. The van der Waals surface area contributed by atoms with Gasteiger partial charge in [0, 0.05) is 13.1 Å². The first-order chi connectivity index (χ1) is 9.92. The molecule has 6 heteroatoms. The van der Waals surface area contributed by atoms with Gasteiger partial charge in [-0.15, -0.1) is 0 Å². The molecule has 0 fully saturated rings. The van der Waals surface area contributed by atoms with Gasteiger partial charge >= 0.3 is 5.97 Å². The summed E-state index contributed by atoms with van der Waals surface area (Å²) in [6.45, 7) is 2.68. The van der Waals surface area contributed by atoms with Crippen LogP contribution < -0.4 is 5.32 Å². The van der Waals surface area contributed by atoms with Gasteiger partial charge in [-0.05, 0) is 31.2 Å². The number of nitrogens with one attached hydrogen (secondary N) is 1. The topological polar surface area (TPSA) is 58.6 Å². The number of aryl methyl sites for hydroxylation is 1. The minimum atomic E-state index is -0.302. The molecule has 1 N–H and O–H groups in total. The molecule has 5 nitrogen and oxygen atoms in total. The van der Waals surface area contributed by atoms with Gasteiger partial charge < -0.3 is 10.1 Å². The van der Waals surface area contributed by atoms with Crippen LogP contribution in [0.5, 0.6) is 0 Å². The van der Waals surface area contributed by atoms with Crippen molar-refractivity contribution in [2.24, 2.45) is 0 Å². The molecular weight excluding hydrogens is 275 g/mol. The molecule has 0 heterocycles. The van der Waals surface area contributed by atoms with Crippen molar-refractivity contribution in [2.45, 2.75) is 19.9 Å². The minimum absolute atomic E-state index is 0.149. The van der Waals surface area contributed by atoms with E-state index in [4.69, 9.17) is 0 Å². The Labute approximate surface area is 124 Å². The van der Waals surface area contributed by atoms with Crippen LogP contribution in [0.2, 0.25) is 0 Å². The summed E-state index contributed by atoms with van der Waals surface area (Å²) >= 11 is 0. The first kappa shape index (κ1) is 17.1. The van der Waals surface area contributed by atoms with E-state index in [9.17, 15) is 14.0 Å². The number of hydrogen-bond acceptors (Lipinski definition) is 4. The molecule has 1 aromatic carbocycles. The second-order valence-electron chi connectivity index (χ2n) is 4.92. The lowest BCUT2D eigenvalue weighted by Crippen LogP contribution is -2.35. The highest BCUT2D eigenvalue weighted by Gasteiger charge is 2.09. The third-order valence-corrected chi connectivity index (χ3v) is 3.05. The standard InChI is InChI=1S/C15H21FN2O3/c1-11-8-12(4-5-13(11)16)9-17-14(19)10-18(2)7-6-15(20)21-3/h4-5,8H,6-7,9-10H2,1-3H3,(H,17,19). The van der Waals surface area contributed by atoms with E-state index in [0.29, 0.717) is 18.7 Å². The van der Waals surface area contributed by atoms with Crippen molar-refractivity contribution in [1.82, 2.24) is 10.2 Å². The molecule has 0 radical (unpaired) electrons. The lowest BCUT2D eigenvalue weighted by Gasteiger charge is -2.15. The number of rotatable bonds is 7. The summed E-state index contributed by atoms with van der Waals surface area (Å²) in [6.07, 6.45) is 0.247. The van der Waals surface area contributed by atoms with Gasteiger partial charge in [-0.2, -0.15) is 0 Å². The number of hydrogen-bond donors (Lipinski definition) is 1. The highest BCUT2D eigenvalue weighted by Crippen LogP contribution is 2.08. The molecule has 0 spiro atoms. The molecule has 0 saturated heterocycles. The number of likely N-dealkylation sites (N-methyl/N-ethyl adjacent to an activating group) is 1. The van der Waals surface area contributed by atoms with Crippen molar-refractivity contribution in [2.75, 3.05) is 27.2 Å². The van der Waals surface area contributed by atoms with E-state index >= 15 is 0 Å². The number of methoxy groups -OCH3 is 1. The summed E-state index contributed by atoms with van der Waals surface area (Å²) in [7, 11) is 3.09. The van der Waals surface area contributed by atoms with Crippen molar-refractivity contribution < 1.29 is 18.7 Å². The average molecular weight is 296 g/mol. The van der Waals surface area contributed by atoms with Crippen molar-refractivity contribution in [3.63, 3.8) is 0 Å². The Morgan fingerprint density at radius 1 is 1.38 bits per heavy atom. The van der Waals surface area contributed by atoms with Gasteiger partial charge in [0.1, 0.15) is 5.82 Å². The molecule has 0 aliphatic heterocycles. The number of carbonyl (C=O) groups is 2. The van der Waals surface area contributed by atoms with Crippen LogP contribution in [0.25, 0.3) is 0 Å². The fourth-order valence-electron chi connectivity index (χ4n) is 1.78. The maximum absolute atomic E-state index is 13.1. The Bertz CT molecular complexity index is 506. The van der Waals surface area contributed by atoms with Crippen LogP contribution >= 0.6 is 0 Å². The van der Waals surface area contributed by atoms with E-state index in [1.165, 1.54) is 13.2 Å². The molecule has 1 rings (SSSR count). The number of halogens is 1. The highest BCUT2D eigenvalue weighted by atomic mass is 19.1. The second-order valence-corrected chi connectivity index (χ2v) is 4.92. The van der Waals surface area contributed by atoms with Gasteiger partial charge in [-0.1, -0.05) is 12.1 Å². The molecule has 0 aliphatic rings. The normalized spacial score (nSPS) is 10.5. The monoisotopic (exact) mass is 296 g/mol. The van der Waals surface area contributed by atoms with Crippen LogP contribution in [0, 0.1) is 12.7 Å². The van der Waals surface area contributed by atoms with Crippen LogP contribution in [0.1, 0.15) is 17.5 Å². The Hall–Kier alpha value is -1.95. The predicted octanol–water partition coefficient (Wildman–Crippen LogP) is 1.25. The Morgan fingerprint density at radius 2 is 2.10 bits per heavy atom. The van der Waals surface area contributed by atoms with E-state index in [1.807, 2.05) is 0 Å². The van der Waals surface area contributed by atoms with E-state index in [-0.39, 0.29) is 30.7 Å². The molecule has 0 atom stereocenters. The summed E-state index contributed by atoms with van der Waals surface area (Å²) in [6, 6.07) is 4.74. The Kier molecular flexibility index (Phi) is 6.81. The molecule has 0 aliphatic carbocycles. The maximum Gasteiger partial charge on any atom is 0.306 e. The van der Waals surface area contributed by atoms with Gasteiger partial charge in [-0.3, -0.25) is 14.5 Å². The summed E-state index contributed by atoms with van der Waals surface area (Å²) < 4.78 is 17.7. The van der Waals surface area contributed by atoms with Crippen LogP contribution in [0.15, 0.2) is 18.2 Å². The third-order valence-electron chi connectivity index (χ3n) is 3.05. The first-order valence-electron chi connectivity index (χ1n) is 6.69. The Morgan fingerprint density at radius 3 is 2.71 bits per heavy atom. The van der Waals surface area contributed by atoms with E-state index in [2.05, 4.69) is 10.1 Å². The minimum Gasteiger partial charge on any atom is -0.469 e. The third kappa shape index (κ3) is 6.35. The SMILES string of the molecule is COC(=O)CCN(C)CC(=O)NCc1ccc(F)c(C)c1. The summed E-state index contributed by atoms with van der Waals surface area (Å²) in [5, 5.41) is 2.76. The Balaban J connectivity index is 2.33. The van der Waals surface area contributed by atoms with Gasteiger partial charge in [0.05, 0.1) is 20.1 Å². The van der Waals surface area contributed by atoms with Crippen LogP contribution in [0.3, 0.4) is 0 Å². The smallest absolute Gasteiger partial charge is 0.306 e. The zero-order chi connectivity index (χ0) is 15.8. The van der Waals surface area contributed by atoms with Crippen LogP contribution in [-0.4, -0.2) is 44.0 Å². The lowest BCUT2D eigenvalue weighted by atomic mass is 10.1. The number of carbonyl (C=O) groups excluding carboxylic acids is 2. The number of amides is 1. The van der Waals surface area contributed by atoms with Gasteiger partial charge in [-0.25, -0.2) is 4.39 Å². The van der Waals surface area contributed by atoms with Crippen molar-refractivity contribution in [3.8, 4) is 0 Å². The number of benzene rings is 1. The molecule has 1 aromatic rings. The summed E-state index contributed by atoms with van der Waals surface area (Å²) in [5.74, 6) is -0.707. The zero-order valence-corrected chi connectivity index (χ0v) is 12.6. The molecule has 0 unspecified atom stereocenters. The van der Waals surface area contributed by atoms with E-state index in [0.717, 1.165) is 5.56 Å². The largest absolute Gasteiger partial charge is 0.469 e. The highest BCUT2D eigenvalue weighted by molar-refractivity contribution is 5.78. The van der Waals surface area contributed by atoms with Crippen molar-refractivity contribution >= 4 is 11.9 Å². The molecular formula is C15H21FN2O3. The molecule has 0 saturated carbocycles. The molecule has 0 aromatic heterocycles. The van der Waals surface area contributed by atoms with Crippen LogP contribution in [0.4, 0.5) is 4.39 Å². The summed E-state index contributed by atoms with van der Waals surface area (Å²) in [4.78, 5) is 24.5. The number of ether oxygens (including phenoxy) is 1. The van der Waals surface area contributed by atoms with E-state index < -0.39 is 0 Å². The average Bonchev–Trinajstić information content (AvgIpc) is 2.46. The molecule has 21 heavy (non-hydrogen) atoms. The lowest BCUT2D eigenvalue weighted by molar-refractivity contribution is -0.141. The zero-order valence-electron chi connectivity index (χ0n) is 12.6. The van der Waals surface area contributed by atoms with Gasteiger partial charge in [0.25, 0.3) is 0 Å². The van der Waals surface area contributed by atoms with E-state index in [1.54, 1.807) is 31.0 Å². The summed E-state index contributed by atoms with van der Waals surface area (Å²) in [5.41, 5.74) is 1.40. The van der Waals surface area contributed by atoms with Crippen LogP contribution in [-0.2, 0) is 20.9 Å². The molecule has 116 valence electrons. The maximum atomic E-state index is 13.1. The number of esters is 1. The fraction of sp³-hybridized carbons (Fsp3) is 0.467. The first-order valence-corrected chi connectivity index (χ1v) is 6.69. The second kappa shape index (κ2) is 8.36. The van der Waals surface area contributed by atoms with Crippen molar-refractivity contribution in [3.05, 3.63) is 35.1 Å². The quantitative estimate of drug-likeness (QED) is 0.769. The van der Waals surface area contributed by atoms with Gasteiger partial charge in [0.2, 0.25) is 5.91 Å². The number of nitrogens with zero attached hydrogens (tertiary/aromatic N) is 1. The molecule has 1 amide bonds. The van der Waals surface area contributed by atoms with Gasteiger partial charge in [0.15, 0.2) is 0 Å². The fourth-order valence-corrected chi connectivity index (χ4v) is 1.78. The van der Waals surface area contributed by atoms with Crippen molar-refractivity contribution in [1.29, 1.82) is 0 Å².